The van der Waals surface area contributed by atoms with E-state index in [0.29, 0.717) is 19.4 Å². The maximum absolute atomic E-state index is 11.5. The van der Waals surface area contributed by atoms with Gasteiger partial charge in [0.15, 0.2) is 0 Å². The van der Waals surface area contributed by atoms with Crippen molar-refractivity contribution in [3.63, 3.8) is 0 Å². The third-order valence-electron chi connectivity index (χ3n) is 3.24. The van der Waals surface area contributed by atoms with Crippen molar-refractivity contribution >= 4 is 11.9 Å². The number of rotatable bonds is 14. The number of aliphatic hydroxyl groups excluding tert-OH is 1. The van der Waals surface area contributed by atoms with E-state index in [0.717, 1.165) is 32.1 Å². The molecular formula is C16H31NO4. The van der Waals surface area contributed by atoms with Crippen LogP contribution in [0.3, 0.4) is 0 Å². The Morgan fingerprint density at radius 1 is 0.952 bits per heavy atom. The van der Waals surface area contributed by atoms with Gasteiger partial charge in [-0.2, -0.15) is 0 Å². The zero-order valence-electron chi connectivity index (χ0n) is 13.4. The highest BCUT2D eigenvalue weighted by Gasteiger charge is 2.03. The highest BCUT2D eigenvalue weighted by Crippen LogP contribution is 2.05. The molecule has 5 nitrogen and oxygen atoms in total. The Morgan fingerprint density at radius 3 is 2.33 bits per heavy atom. The second-order valence-corrected chi connectivity index (χ2v) is 5.27. The number of carbonyl (C=O) groups is 2. The predicted octanol–water partition coefficient (Wildman–Crippen LogP) is 2.56. The van der Waals surface area contributed by atoms with Crippen LogP contribution < -0.4 is 5.32 Å². The van der Waals surface area contributed by atoms with Gasteiger partial charge in [0.1, 0.15) is 6.61 Å². The SMILES string of the molecule is CCCCCCCC(=O)NCCCCCC(=O)OCCO. The normalized spacial score (nSPS) is 10.4. The largest absolute Gasteiger partial charge is 0.463 e. The summed E-state index contributed by atoms with van der Waals surface area (Å²) in [6.07, 6.45) is 9.34. The van der Waals surface area contributed by atoms with Crippen LogP contribution in [0.4, 0.5) is 0 Å². The summed E-state index contributed by atoms with van der Waals surface area (Å²) in [5, 5.41) is 11.4. The molecule has 0 aromatic rings. The van der Waals surface area contributed by atoms with E-state index in [1.807, 2.05) is 0 Å². The van der Waals surface area contributed by atoms with E-state index >= 15 is 0 Å². The minimum Gasteiger partial charge on any atom is -0.463 e. The van der Waals surface area contributed by atoms with Gasteiger partial charge in [0.05, 0.1) is 6.61 Å². The van der Waals surface area contributed by atoms with Crippen LogP contribution in [0.2, 0.25) is 0 Å². The van der Waals surface area contributed by atoms with Crippen molar-refractivity contribution in [1.29, 1.82) is 0 Å². The molecule has 0 spiro atoms. The van der Waals surface area contributed by atoms with E-state index in [-0.39, 0.29) is 25.1 Å². The highest BCUT2D eigenvalue weighted by atomic mass is 16.5. The van der Waals surface area contributed by atoms with Gasteiger partial charge < -0.3 is 15.2 Å². The molecule has 21 heavy (non-hydrogen) atoms. The smallest absolute Gasteiger partial charge is 0.305 e. The molecule has 0 saturated heterocycles. The maximum Gasteiger partial charge on any atom is 0.305 e. The summed E-state index contributed by atoms with van der Waals surface area (Å²) < 4.78 is 4.75. The second kappa shape index (κ2) is 15.3. The highest BCUT2D eigenvalue weighted by molar-refractivity contribution is 5.75. The molecule has 0 aromatic carbocycles. The summed E-state index contributed by atoms with van der Waals surface area (Å²) in [7, 11) is 0. The zero-order chi connectivity index (χ0) is 15.8. The van der Waals surface area contributed by atoms with Gasteiger partial charge in [0.25, 0.3) is 0 Å². The number of hydrogen-bond donors (Lipinski definition) is 2. The van der Waals surface area contributed by atoms with Crippen LogP contribution in [-0.4, -0.2) is 36.7 Å². The predicted molar refractivity (Wildman–Crippen MR) is 82.9 cm³/mol. The summed E-state index contributed by atoms with van der Waals surface area (Å²) >= 11 is 0. The molecule has 0 atom stereocenters. The van der Waals surface area contributed by atoms with E-state index < -0.39 is 0 Å². The molecule has 0 aromatic heterocycles. The van der Waals surface area contributed by atoms with Crippen LogP contribution in [0.1, 0.15) is 71.1 Å². The van der Waals surface area contributed by atoms with E-state index in [9.17, 15) is 9.59 Å². The van der Waals surface area contributed by atoms with Crippen molar-refractivity contribution in [2.75, 3.05) is 19.8 Å². The van der Waals surface area contributed by atoms with Crippen LogP contribution in [0.5, 0.6) is 0 Å². The van der Waals surface area contributed by atoms with Gasteiger partial charge in [-0.3, -0.25) is 9.59 Å². The van der Waals surface area contributed by atoms with Crippen molar-refractivity contribution in [1.82, 2.24) is 5.32 Å². The monoisotopic (exact) mass is 301 g/mol. The molecule has 0 fully saturated rings. The Kier molecular flexibility index (Phi) is 14.5. The number of aliphatic hydroxyl groups is 1. The Labute approximate surface area is 128 Å². The van der Waals surface area contributed by atoms with E-state index in [4.69, 9.17) is 9.84 Å². The van der Waals surface area contributed by atoms with Crippen LogP contribution in [0.15, 0.2) is 0 Å². The van der Waals surface area contributed by atoms with Crippen molar-refractivity contribution in [2.45, 2.75) is 71.1 Å². The molecule has 0 rings (SSSR count). The van der Waals surface area contributed by atoms with Crippen LogP contribution in [0.25, 0.3) is 0 Å². The fraction of sp³-hybridized carbons (Fsp3) is 0.875. The van der Waals surface area contributed by atoms with Crippen molar-refractivity contribution < 1.29 is 19.4 Å². The van der Waals surface area contributed by atoms with Gasteiger partial charge in [-0.15, -0.1) is 0 Å². The van der Waals surface area contributed by atoms with Crippen LogP contribution in [0, 0.1) is 0 Å². The van der Waals surface area contributed by atoms with E-state index in [1.54, 1.807) is 0 Å². The first-order valence-corrected chi connectivity index (χ1v) is 8.24. The van der Waals surface area contributed by atoms with Gasteiger partial charge in [-0.05, 0) is 19.3 Å². The number of unbranched alkanes of at least 4 members (excludes halogenated alkanes) is 6. The standard InChI is InChI=1S/C16H31NO4/c1-2-3-4-5-7-10-15(19)17-12-9-6-8-11-16(20)21-14-13-18/h18H,2-14H2,1H3,(H,17,19). The number of ether oxygens (including phenoxy) is 1. The summed E-state index contributed by atoms with van der Waals surface area (Å²) in [4.78, 5) is 22.7. The minimum atomic E-state index is -0.264. The molecule has 0 bridgehead atoms. The van der Waals surface area contributed by atoms with Crippen molar-refractivity contribution in [3.05, 3.63) is 0 Å². The molecule has 1 amide bonds. The lowest BCUT2D eigenvalue weighted by molar-refractivity contribution is -0.144. The first kappa shape index (κ1) is 19.9. The Bertz CT molecular complexity index is 269. The fourth-order valence-corrected chi connectivity index (χ4v) is 2.01. The van der Waals surface area contributed by atoms with Gasteiger partial charge in [-0.1, -0.05) is 39.0 Å². The molecule has 0 aliphatic carbocycles. The molecule has 124 valence electrons. The average molecular weight is 301 g/mol. The number of carbonyl (C=O) groups excluding carboxylic acids is 2. The molecule has 0 saturated carbocycles. The van der Waals surface area contributed by atoms with Gasteiger partial charge in [-0.25, -0.2) is 0 Å². The first-order valence-electron chi connectivity index (χ1n) is 8.24. The molecule has 0 radical (unpaired) electrons. The van der Waals surface area contributed by atoms with Gasteiger partial charge >= 0.3 is 5.97 Å². The lowest BCUT2D eigenvalue weighted by Crippen LogP contribution is -2.24. The van der Waals surface area contributed by atoms with E-state index in [1.165, 1.54) is 19.3 Å². The first-order chi connectivity index (χ1) is 10.2. The fourth-order valence-electron chi connectivity index (χ4n) is 2.01. The second-order valence-electron chi connectivity index (χ2n) is 5.27. The summed E-state index contributed by atoms with van der Waals surface area (Å²) in [6.45, 7) is 2.81. The van der Waals surface area contributed by atoms with Crippen molar-refractivity contribution in [3.8, 4) is 0 Å². The summed E-state index contributed by atoms with van der Waals surface area (Å²) in [5.74, 6) is -0.131. The zero-order valence-corrected chi connectivity index (χ0v) is 13.4. The number of amides is 1. The lowest BCUT2D eigenvalue weighted by atomic mass is 10.1. The molecule has 0 unspecified atom stereocenters. The van der Waals surface area contributed by atoms with E-state index in [2.05, 4.69) is 12.2 Å². The average Bonchev–Trinajstić information content (AvgIpc) is 2.48. The van der Waals surface area contributed by atoms with Crippen molar-refractivity contribution in [2.24, 2.45) is 0 Å². The lowest BCUT2D eigenvalue weighted by Gasteiger charge is -2.05. The molecule has 2 N–H and O–H groups in total. The Hall–Kier alpha value is -1.10. The quantitative estimate of drug-likeness (QED) is 0.382. The van der Waals surface area contributed by atoms with Gasteiger partial charge in [0, 0.05) is 19.4 Å². The third-order valence-corrected chi connectivity index (χ3v) is 3.24. The number of esters is 1. The summed E-state index contributed by atoms with van der Waals surface area (Å²) in [5.41, 5.74) is 0. The van der Waals surface area contributed by atoms with Gasteiger partial charge in [0.2, 0.25) is 5.91 Å². The maximum atomic E-state index is 11.5. The summed E-state index contributed by atoms with van der Waals surface area (Å²) in [6, 6.07) is 0. The van der Waals surface area contributed by atoms with Crippen LogP contribution >= 0.6 is 0 Å². The Morgan fingerprint density at radius 2 is 1.62 bits per heavy atom. The minimum absolute atomic E-state index is 0.0765. The Balaban J connectivity index is 3.26. The number of nitrogens with one attached hydrogen (secondary N) is 1. The molecule has 5 heteroatoms. The third kappa shape index (κ3) is 15.1. The number of hydrogen-bond acceptors (Lipinski definition) is 4. The molecule has 0 aliphatic heterocycles. The molecular weight excluding hydrogens is 270 g/mol. The van der Waals surface area contributed by atoms with Crippen LogP contribution in [-0.2, 0) is 14.3 Å². The molecule has 0 heterocycles. The molecule has 0 aliphatic rings. The topological polar surface area (TPSA) is 75.6 Å².